The van der Waals surface area contributed by atoms with Crippen LogP contribution in [0.4, 0.5) is 5.69 Å². The summed E-state index contributed by atoms with van der Waals surface area (Å²) >= 11 is 0. The summed E-state index contributed by atoms with van der Waals surface area (Å²) in [5.41, 5.74) is -0.707. The Balaban J connectivity index is 1.90. The van der Waals surface area contributed by atoms with Crippen molar-refractivity contribution in [2.24, 2.45) is 0 Å². The quantitative estimate of drug-likeness (QED) is 0.560. The summed E-state index contributed by atoms with van der Waals surface area (Å²) in [6.07, 6.45) is 0.143. The van der Waals surface area contributed by atoms with Crippen molar-refractivity contribution in [1.82, 2.24) is 10.3 Å². The van der Waals surface area contributed by atoms with Crippen molar-refractivity contribution in [2.45, 2.75) is 18.4 Å². The lowest BCUT2D eigenvalue weighted by Crippen LogP contribution is -2.50. The molecule has 0 radical (unpaired) electrons. The van der Waals surface area contributed by atoms with Gasteiger partial charge in [-0.1, -0.05) is 12.1 Å². The lowest BCUT2D eigenvalue weighted by atomic mass is 9.94. The van der Waals surface area contributed by atoms with Gasteiger partial charge in [0.15, 0.2) is 0 Å². The van der Waals surface area contributed by atoms with Gasteiger partial charge in [-0.2, -0.15) is 0 Å². The van der Waals surface area contributed by atoms with Crippen molar-refractivity contribution < 1.29 is 24.4 Å². The van der Waals surface area contributed by atoms with Crippen molar-refractivity contribution in [3.63, 3.8) is 0 Å². The van der Waals surface area contributed by atoms with Crippen LogP contribution in [0.15, 0.2) is 24.3 Å². The van der Waals surface area contributed by atoms with E-state index >= 15 is 0 Å². The molecule has 0 saturated carbocycles. The molecule has 1 aromatic carbocycles. The summed E-state index contributed by atoms with van der Waals surface area (Å²) in [5.74, 6) is -1.56. The Hall–Kier alpha value is -2.94. The fourth-order valence-corrected chi connectivity index (χ4v) is 2.90. The van der Waals surface area contributed by atoms with Gasteiger partial charge >= 0.3 is 5.97 Å². The van der Waals surface area contributed by atoms with E-state index in [9.17, 15) is 19.7 Å². The molecule has 3 N–H and O–H groups in total. The third-order valence-corrected chi connectivity index (χ3v) is 4.05. The molecule has 1 aromatic heterocycles. The van der Waals surface area contributed by atoms with Gasteiger partial charge in [0.2, 0.25) is 0 Å². The summed E-state index contributed by atoms with van der Waals surface area (Å²) in [5, 5.41) is 23.3. The number of non-ortho nitro benzene ring substituents is 1. The number of aliphatic carboxylic acids is 1. The van der Waals surface area contributed by atoms with E-state index in [2.05, 4.69) is 10.3 Å². The highest BCUT2D eigenvalue weighted by molar-refractivity contribution is 6.00. The Morgan fingerprint density at radius 1 is 1.46 bits per heavy atom. The van der Waals surface area contributed by atoms with Crippen LogP contribution < -0.4 is 5.32 Å². The van der Waals surface area contributed by atoms with Gasteiger partial charge in [-0.05, 0) is 12.5 Å². The standard InChI is InChI=1S/C15H15N3O6/c19-12(20)7-15(4-5-24-8-15)17-14(21)10-6-9-2-1-3-11(18(22)23)13(9)16-10/h1-3,6,16H,4-5,7-8H2,(H,17,21)(H,19,20). The zero-order valence-electron chi connectivity index (χ0n) is 12.6. The third-order valence-electron chi connectivity index (χ3n) is 4.05. The smallest absolute Gasteiger partial charge is 0.305 e. The van der Waals surface area contributed by atoms with Crippen LogP contribution in [0.2, 0.25) is 0 Å². The number of nitro benzene ring substituents is 1. The maximum Gasteiger partial charge on any atom is 0.305 e. The van der Waals surface area contributed by atoms with Crippen LogP contribution >= 0.6 is 0 Å². The summed E-state index contributed by atoms with van der Waals surface area (Å²) in [6, 6.07) is 6.03. The highest BCUT2D eigenvalue weighted by Gasteiger charge is 2.39. The van der Waals surface area contributed by atoms with Crippen LogP contribution in [0.3, 0.4) is 0 Å². The molecular weight excluding hydrogens is 318 g/mol. The maximum absolute atomic E-state index is 12.5. The summed E-state index contributed by atoms with van der Waals surface area (Å²) < 4.78 is 5.23. The molecule has 0 spiro atoms. The van der Waals surface area contributed by atoms with Gasteiger partial charge in [-0.15, -0.1) is 0 Å². The molecule has 1 unspecified atom stereocenters. The first-order chi connectivity index (χ1) is 11.4. The van der Waals surface area contributed by atoms with Crippen LogP contribution in [-0.2, 0) is 9.53 Å². The number of aromatic nitrogens is 1. The Morgan fingerprint density at radius 3 is 2.88 bits per heavy atom. The number of benzene rings is 1. The van der Waals surface area contributed by atoms with E-state index in [1.165, 1.54) is 18.2 Å². The molecule has 3 rings (SSSR count). The molecule has 0 bridgehead atoms. The number of carbonyl (C=O) groups is 2. The second kappa shape index (κ2) is 5.93. The Bertz CT molecular complexity index is 822. The van der Waals surface area contributed by atoms with Gasteiger partial charge in [-0.25, -0.2) is 0 Å². The number of nitrogens with one attached hydrogen (secondary N) is 2. The molecule has 0 aliphatic carbocycles. The van der Waals surface area contributed by atoms with Crippen LogP contribution in [0.1, 0.15) is 23.3 Å². The number of nitro groups is 1. The van der Waals surface area contributed by atoms with Gasteiger partial charge < -0.3 is 20.1 Å². The number of carboxylic acid groups (broad SMARTS) is 1. The third kappa shape index (κ3) is 2.93. The molecule has 9 nitrogen and oxygen atoms in total. The van der Waals surface area contributed by atoms with Gasteiger partial charge in [0.05, 0.1) is 23.5 Å². The van der Waals surface area contributed by atoms with Crippen molar-refractivity contribution in [3.8, 4) is 0 Å². The number of amides is 1. The van der Waals surface area contributed by atoms with E-state index in [0.717, 1.165) is 0 Å². The van der Waals surface area contributed by atoms with Crippen LogP contribution in [0.5, 0.6) is 0 Å². The summed E-state index contributed by atoms with van der Waals surface area (Å²) in [4.78, 5) is 36.8. The van der Waals surface area contributed by atoms with Gasteiger partial charge in [0, 0.05) is 18.1 Å². The fraction of sp³-hybridized carbons (Fsp3) is 0.333. The number of rotatable bonds is 5. The maximum atomic E-state index is 12.5. The number of H-pyrrole nitrogens is 1. The van der Waals surface area contributed by atoms with Crippen LogP contribution in [-0.4, -0.2) is 45.6 Å². The van der Waals surface area contributed by atoms with E-state index in [-0.39, 0.29) is 29.9 Å². The lowest BCUT2D eigenvalue weighted by molar-refractivity contribution is -0.383. The number of aromatic amines is 1. The predicted molar refractivity (Wildman–Crippen MR) is 82.8 cm³/mol. The molecule has 2 heterocycles. The van der Waals surface area contributed by atoms with E-state index in [4.69, 9.17) is 9.84 Å². The number of nitrogens with zero attached hydrogens (tertiary/aromatic N) is 1. The molecule has 1 fully saturated rings. The number of fused-ring (bicyclic) bond motifs is 1. The molecule has 1 saturated heterocycles. The number of ether oxygens (including phenoxy) is 1. The number of carboxylic acids is 1. The monoisotopic (exact) mass is 333 g/mol. The molecule has 1 aliphatic rings. The molecule has 126 valence electrons. The van der Waals surface area contributed by atoms with Gasteiger partial charge in [0.1, 0.15) is 11.2 Å². The number of para-hydroxylation sites is 1. The number of hydrogen-bond acceptors (Lipinski definition) is 5. The molecule has 1 amide bonds. The number of carbonyl (C=O) groups excluding carboxylic acids is 1. The lowest BCUT2D eigenvalue weighted by Gasteiger charge is -2.26. The predicted octanol–water partition coefficient (Wildman–Crippen LogP) is 1.44. The molecular formula is C15H15N3O6. The average Bonchev–Trinajstić information content (AvgIpc) is 3.12. The first-order valence-electron chi connectivity index (χ1n) is 7.28. The molecule has 1 atom stereocenters. The molecule has 2 aromatic rings. The minimum Gasteiger partial charge on any atom is -0.481 e. The minimum atomic E-state index is -1.03. The normalized spacial score (nSPS) is 20.2. The topological polar surface area (TPSA) is 135 Å². The Labute approximate surface area is 135 Å². The number of hydrogen-bond donors (Lipinski definition) is 3. The zero-order chi connectivity index (χ0) is 17.3. The Morgan fingerprint density at radius 2 is 2.25 bits per heavy atom. The Kier molecular flexibility index (Phi) is 3.94. The minimum absolute atomic E-state index is 0.116. The van der Waals surface area contributed by atoms with E-state index in [1.54, 1.807) is 6.07 Å². The van der Waals surface area contributed by atoms with E-state index < -0.39 is 22.3 Å². The highest BCUT2D eigenvalue weighted by atomic mass is 16.6. The molecule has 1 aliphatic heterocycles. The second-order valence-corrected chi connectivity index (χ2v) is 5.79. The van der Waals surface area contributed by atoms with Gasteiger partial charge in [-0.3, -0.25) is 19.7 Å². The summed E-state index contributed by atoms with van der Waals surface area (Å²) in [6.45, 7) is 0.483. The molecule has 24 heavy (non-hydrogen) atoms. The zero-order valence-corrected chi connectivity index (χ0v) is 12.6. The van der Waals surface area contributed by atoms with Crippen molar-refractivity contribution in [2.75, 3.05) is 13.2 Å². The highest BCUT2D eigenvalue weighted by Crippen LogP contribution is 2.27. The van der Waals surface area contributed by atoms with Crippen LogP contribution in [0, 0.1) is 10.1 Å². The SMILES string of the molecule is O=C(O)CC1(NC(=O)c2cc3cccc([N+](=O)[O-])c3[nH]2)CCOC1. The van der Waals surface area contributed by atoms with Crippen molar-refractivity contribution in [1.29, 1.82) is 0 Å². The largest absolute Gasteiger partial charge is 0.481 e. The first kappa shape index (κ1) is 15.9. The second-order valence-electron chi connectivity index (χ2n) is 5.79. The average molecular weight is 333 g/mol. The van der Waals surface area contributed by atoms with E-state index in [1.807, 2.05) is 0 Å². The fourth-order valence-electron chi connectivity index (χ4n) is 2.90. The molecule has 9 heteroatoms. The van der Waals surface area contributed by atoms with Crippen molar-refractivity contribution in [3.05, 3.63) is 40.1 Å². The van der Waals surface area contributed by atoms with Crippen molar-refractivity contribution >= 4 is 28.5 Å². The summed E-state index contributed by atoms with van der Waals surface area (Å²) in [7, 11) is 0. The van der Waals surface area contributed by atoms with Gasteiger partial charge in [0.25, 0.3) is 11.6 Å². The van der Waals surface area contributed by atoms with Crippen LogP contribution in [0.25, 0.3) is 10.9 Å². The van der Waals surface area contributed by atoms with E-state index in [0.29, 0.717) is 18.4 Å². The first-order valence-corrected chi connectivity index (χ1v) is 7.28.